The highest BCUT2D eigenvalue weighted by Gasteiger charge is 2.15. The molecule has 0 bridgehead atoms. The Morgan fingerprint density at radius 2 is 1.86 bits per heavy atom. The van der Waals surface area contributed by atoms with E-state index < -0.39 is 4.92 Å². The summed E-state index contributed by atoms with van der Waals surface area (Å²) < 4.78 is 10.8. The van der Waals surface area contributed by atoms with Crippen LogP contribution in [0.5, 0.6) is 11.5 Å². The van der Waals surface area contributed by atoms with E-state index in [1.54, 1.807) is 55.6 Å². The molecule has 0 aliphatic rings. The van der Waals surface area contributed by atoms with E-state index in [0.717, 1.165) is 0 Å². The van der Waals surface area contributed by atoms with Gasteiger partial charge in [-0.3, -0.25) is 14.9 Å². The number of nitro groups is 1. The number of nitrogens with zero attached hydrogens (tertiary/aromatic N) is 1. The van der Waals surface area contributed by atoms with Crippen LogP contribution in [0, 0.1) is 10.1 Å². The predicted octanol–water partition coefficient (Wildman–Crippen LogP) is 4.94. The van der Waals surface area contributed by atoms with Crippen LogP contribution in [0.4, 0.5) is 11.4 Å². The van der Waals surface area contributed by atoms with E-state index in [-0.39, 0.29) is 18.2 Å². The zero-order valence-electron chi connectivity index (χ0n) is 15.4. The smallest absolute Gasteiger partial charge is 0.270 e. The molecule has 0 aromatic heterocycles. The Labute approximate surface area is 172 Å². The molecule has 0 saturated heterocycles. The number of rotatable bonds is 7. The molecule has 29 heavy (non-hydrogen) atoms. The number of halogens is 1. The fraction of sp³-hybridized carbons (Fsp3) is 0.0952. The molecule has 3 aromatic rings. The Morgan fingerprint density at radius 3 is 2.52 bits per heavy atom. The molecule has 8 heteroatoms. The lowest BCUT2D eigenvalue weighted by molar-refractivity contribution is -0.384. The number of ether oxygens (including phenoxy) is 2. The summed E-state index contributed by atoms with van der Waals surface area (Å²) in [5.41, 5.74) is 1.66. The zero-order chi connectivity index (χ0) is 20.8. The number of methoxy groups -OCH3 is 1. The van der Waals surface area contributed by atoms with Gasteiger partial charge in [0, 0.05) is 28.4 Å². The Morgan fingerprint density at radius 1 is 1.10 bits per heavy atom. The molecule has 0 spiro atoms. The summed E-state index contributed by atoms with van der Waals surface area (Å²) in [4.78, 5) is 22.9. The summed E-state index contributed by atoms with van der Waals surface area (Å²) in [5.74, 6) is 0.621. The van der Waals surface area contributed by atoms with Crippen molar-refractivity contribution < 1.29 is 19.2 Å². The number of carbonyl (C=O) groups is 1. The first-order chi connectivity index (χ1) is 14.0. The summed E-state index contributed by atoms with van der Waals surface area (Å²) in [6.45, 7) is -0.270. The van der Waals surface area contributed by atoms with Crippen molar-refractivity contribution in [2.75, 3.05) is 19.0 Å². The average molecular weight is 413 g/mol. The van der Waals surface area contributed by atoms with E-state index in [1.165, 1.54) is 18.2 Å². The van der Waals surface area contributed by atoms with Crippen molar-refractivity contribution in [2.24, 2.45) is 0 Å². The van der Waals surface area contributed by atoms with Gasteiger partial charge >= 0.3 is 0 Å². The van der Waals surface area contributed by atoms with Crippen molar-refractivity contribution in [1.29, 1.82) is 0 Å². The van der Waals surface area contributed by atoms with Crippen LogP contribution >= 0.6 is 11.6 Å². The second kappa shape index (κ2) is 9.07. The van der Waals surface area contributed by atoms with Crippen LogP contribution in [0.2, 0.25) is 5.02 Å². The predicted molar refractivity (Wildman–Crippen MR) is 111 cm³/mol. The van der Waals surface area contributed by atoms with Crippen LogP contribution in [-0.2, 0) is 4.79 Å². The average Bonchev–Trinajstić information content (AvgIpc) is 2.72. The van der Waals surface area contributed by atoms with Gasteiger partial charge in [-0.15, -0.1) is 0 Å². The first-order valence-electron chi connectivity index (χ1n) is 8.57. The van der Waals surface area contributed by atoms with Gasteiger partial charge in [0.05, 0.1) is 12.0 Å². The maximum atomic E-state index is 12.2. The molecule has 3 rings (SSSR count). The lowest BCUT2D eigenvalue weighted by atomic mass is 10.0. The quantitative estimate of drug-likeness (QED) is 0.438. The highest BCUT2D eigenvalue weighted by atomic mass is 35.5. The van der Waals surface area contributed by atoms with E-state index >= 15 is 0 Å². The van der Waals surface area contributed by atoms with Gasteiger partial charge in [0.15, 0.2) is 6.61 Å². The Hall–Kier alpha value is -3.58. The molecule has 3 aromatic carbocycles. The van der Waals surface area contributed by atoms with Crippen LogP contribution in [0.3, 0.4) is 0 Å². The van der Waals surface area contributed by atoms with Crippen LogP contribution in [0.15, 0.2) is 66.7 Å². The molecule has 0 unspecified atom stereocenters. The maximum Gasteiger partial charge on any atom is 0.270 e. The van der Waals surface area contributed by atoms with Crippen LogP contribution in [0.1, 0.15) is 0 Å². The lowest BCUT2D eigenvalue weighted by Gasteiger charge is -2.12. The van der Waals surface area contributed by atoms with Crippen LogP contribution in [0.25, 0.3) is 11.1 Å². The normalized spacial score (nSPS) is 10.3. The van der Waals surface area contributed by atoms with Crippen molar-refractivity contribution in [3.63, 3.8) is 0 Å². The first-order valence-corrected chi connectivity index (χ1v) is 8.95. The second-order valence-corrected chi connectivity index (χ2v) is 6.45. The zero-order valence-corrected chi connectivity index (χ0v) is 16.2. The molecule has 0 aliphatic heterocycles. The molecule has 0 atom stereocenters. The summed E-state index contributed by atoms with van der Waals surface area (Å²) in [7, 11) is 1.55. The standard InChI is InChI=1S/C21H17ClN2O5/c1-28-18-8-5-14(6-9-18)19-12-17(24(26)27)7-10-20(19)29-13-21(25)23-16-4-2-3-15(22)11-16/h2-12H,13H2,1H3,(H,23,25). The van der Waals surface area contributed by atoms with E-state index in [0.29, 0.717) is 33.3 Å². The summed E-state index contributed by atoms with van der Waals surface area (Å²) in [6, 6.07) is 18.0. The van der Waals surface area contributed by atoms with Gasteiger partial charge in [-0.2, -0.15) is 0 Å². The molecule has 0 saturated carbocycles. The molecule has 0 heterocycles. The number of hydrogen-bond donors (Lipinski definition) is 1. The molecule has 0 fully saturated rings. The summed E-state index contributed by atoms with van der Waals surface area (Å²) in [5, 5.41) is 14.3. The summed E-state index contributed by atoms with van der Waals surface area (Å²) in [6.07, 6.45) is 0. The van der Waals surface area contributed by atoms with Gasteiger partial charge in [-0.1, -0.05) is 29.8 Å². The SMILES string of the molecule is COc1ccc(-c2cc([N+](=O)[O-])ccc2OCC(=O)Nc2cccc(Cl)c2)cc1. The first kappa shape index (κ1) is 20.2. The minimum Gasteiger partial charge on any atom is -0.497 e. The highest BCUT2D eigenvalue weighted by Crippen LogP contribution is 2.34. The molecule has 1 N–H and O–H groups in total. The van der Waals surface area contributed by atoms with Gasteiger partial charge in [0.1, 0.15) is 11.5 Å². The van der Waals surface area contributed by atoms with Crippen molar-refractivity contribution >= 4 is 28.9 Å². The van der Waals surface area contributed by atoms with E-state index in [1.807, 2.05) is 0 Å². The number of amides is 1. The number of carbonyl (C=O) groups excluding carboxylic acids is 1. The van der Waals surface area contributed by atoms with Crippen molar-refractivity contribution in [1.82, 2.24) is 0 Å². The Balaban J connectivity index is 1.80. The third-order valence-corrected chi connectivity index (χ3v) is 4.28. The van der Waals surface area contributed by atoms with Gasteiger partial charge < -0.3 is 14.8 Å². The van der Waals surface area contributed by atoms with Gasteiger partial charge in [-0.25, -0.2) is 0 Å². The molecular formula is C21H17ClN2O5. The Kier molecular flexibility index (Phi) is 6.31. The number of anilines is 1. The van der Waals surface area contributed by atoms with Crippen molar-refractivity contribution in [3.8, 4) is 22.6 Å². The topological polar surface area (TPSA) is 90.7 Å². The minimum absolute atomic E-state index is 0.0773. The third-order valence-electron chi connectivity index (χ3n) is 4.04. The number of nitro benzene ring substituents is 1. The second-order valence-electron chi connectivity index (χ2n) is 6.01. The van der Waals surface area contributed by atoms with Crippen LogP contribution in [-0.4, -0.2) is 24.5 Å². The maximum absolute atomic E-state index is 12.2. The summed E-state index contributed by atoms with van der Waals surface area (Å²) >= 11 is 5.91. The van der Waals surface area contributed by atoms with Gasteiger partial charge in [-0.05, 0) is 42.0 Å². The Bertz CT molecular complexity index is 1040. The molecule has 148 valence electrons. The van der Waals surface area contributed by atoms with Crippen molar-refractivity contribution in [3.05, 3.63) is 81.9 Å². The largest absolute Gasteiger partial charge is 0.497 e. The third kappa shape index (κ3) is 5.24. The molecule has 1 amide bonds. The van der Waals surface area contributed by atoms with E-state index in [9.17, 15) is 14.9 Å². The van der Waals surface area contributed by atoms with E-state index in [2.05, 4.69) is 5.32 Å². The number of benzene rings is 3. The van der Waals surface area contributed by atoms with E-state index in [4.69, 9.17) is 21.1 Å². The molecule has 7 nitrogen and oxygen atoms in total. The number of non-ortho nitro benzene ring substituents is 1. The fourth-order valence-corrected chi connectivity index (χ4v) is 2.85. The molecule has 0 aliphatic carbocycles. The van der Waals surface area contributed by atoms with Gasteiger partial charge in [0.2, 0.25) is 0 Å². The monoisotopic (exact) mass is 412 g/mol. The van der Waals surface area contributed by atoms with Crippen molar-refractivity contribution in [2.45, 2.75) is 0 Å². The van der Waals surface area contributed by atoms with Gasteiger partial charge in [0.25, 0.3) is 11.6 Å². The number of nitrogens with one attached hydrogen (secondary N) is 1. The number of hydrogen-bond acceptors (Lipinski definition) is 5. The molecular weight excluding hydrogens is 396 g/mol. The highest BCUT2D eigenvalue weighted by molar-refractivity contribution is 6.30. The lowest BCUT2D eigenvalue weighted by Crippen LogP contribution is -2.20. The fourth-order valence-electron chi connectivity index (χ4n) is 2.66. The van der Waals surface area contributed by atoms with Crippen LogP contribution < -0.4 is 14.8 Å². The molecule has 0 radical (unpaired) electrons. The minimum atomic E-state index is -0.483.